The highest BCUT2D eigenvalue weighted by Crippen LogP contribution is 2.22. The van der Waals surface area contributed by atoms with Crippen LogP contribution in [0.1, 0.15) is 16.1 Å². The molecule has 0 radical (unpaired) electrons. The molecule has 0 atom stereocenters. The first-order valence-electron chi connectivity index (χ1n) is 5.76. The highest BCUT2D eigenvalue weighted by atomic mass is 79.9. The Morgan fingerprint density at radius 3 is 2.85 bits per heavy atom. The highest BCUT2D eigenvalue weighted by molar-refractivity contribution is 9.10. The Balaban J connectivity index is 2.09. The van der Waals surface area contributed by atoms with E-state index >= 15 is 0 Å². The number of amides is 1. The largest absolute Gasteiger partial charge is 0.465 e. The summed E-state index contributed by atoms with van der Waals surface area (Å²) in [4.78, 5) is 23.4. The molecule has 104 valence electrons. The number of carbonyl (C=O) groups is 2. The Kier molecular flexibility index (Phi) is 4.52. The lowest BCUT2D eigenvalue weighted by Gasteiger charge is -2.08. The fraction of sp³-hybridized carbons (Fsp3) is 0.154. The number of nitrogens with zero attached hydrogens (tertiary/aromatic N) is 1. The quantitative estimate of drug-likeness (QED) is 0.837. The van der Waals surface area contributed by atoms with Gasteiger partial charge in [0, 0.05) is 22.1 Å². The summed E-state index contributed by atoms with van der Waals surface area (Å²) in [7, 11) is 1.30. The predicted octanol–water partition coefficient (Wildman–Crippen LogP) is 2.14. The third-order valence-corrected chi connectivity index (χ3v) is 3.26. The van der Waals surface area contributed by atoms with E-state index in [1.807, 2.05) is 0 Å². The van der Waals surface area contributed by atoms with Crippen molar-refractivity contribution in [2.45, 2.75) is 6.42 Å². The van der Waals surface area contributed by atoms with Crippen LogP contribution in [-0.2, 0) is 16.0 Å². The zero-order chi connectivity index (χ0) is 14.5. The first kappa shape index (κ1) is 14.3. The molecule has 0 saturated heterocycles. The molecule has 0 unspecified atom stereocenters. The molecule has 0 aliphatic heterocycles. The number of halogens is 1. The molecule has 0 bridgehead atoms. The average molecular weight is 338 g/mol. The van der Waals surface area contributed by atoms with Crippen molar-refractivity contribution in [1.82, 2.24) is 10.2 Å². The number of aromatic nitrogens is 2. The van der Waals surface area contributed by atoms with E-state index in [1.54, 1.807) is 30.5 Å². The second-order valence-corrected chi connectivity index (χ2v) is 4.85. The summed E-state index contributed by atoms with van der Waals surface area (Å²) in [5.74, 6) is -0.672. The number of benzene rings is 1. The molecule has 1 amide bonds. The number of anilines is 1. The lowest BCUT2D eigenvalue weighted by atomic mass is 10.2. The number of ether oxygens (including phenoxy) is 1. The van der Waals surface area contributed by atoms with Gasteiger partial charge in [-0.2, -0.15) is 5.10 Å². The van der Waals surface area contributed by atoms with Crippen LogP contribution in [0.3, 0.4) is 0 Å². The second kappa shape index (κ2) is 6.33. The first-order chi connectivity index (χ1) is 9.60. The van der Waals surface area contributed by atoms with Gasteiger partial charge in [-0.1, -0.05) is 0 Å². The van der Waals surface area contributed by atoms with E-state index in [1.165, 1.54) is 7.11 Å². The summed E-state index contributed by atoms with van der Waals surface area (Å²) in [6, 6.07) is 6.65. The van der Waals surface area contributed by atoms with Gasteiger partial charge in [-0.25, -0.2) is 4.79 Å². The molecule has 0 fully saturated rings. The van der Waals surface area contributed by atoms with Crippen LogP contribution in [0.5, 0.6) is 0 Å². The molecule has 20 heavy (non-hydrogen) atoms. The Hall–Kier alpha value is -2.15. The van der Waals surface area contributed by atoms with Crippen molar-refractivity contribution in [1.29, 1.82) is 0 Å². The minimum atomic E-state index is -0.471. The molecule has 2 aromatic rings. The third-order valence-electron chi connectivity index (χ3n) is 2.56. The number of aromatic amines is 1. The van der Waals surface area contributed by atoms with Crippen molar-refractivity contribution < 1.29 is 14.3 Å². The van der Waals surface area contributed by atoms with E-state index in [4.69, 9.17) is 0 Å². The van der Waals surface area contributed by atoms with Gasteiger partial charge in [0.1, 0.15) is 0 Å². The van der Waals surface area contributed by atoms with Crippen LogP contribution in [-0.4, -0.2) is 29.2 Å². The standard InChI is InChI=1S/C13H12BrN3O3/c1-20-13(19)10-6-8(2-3-11(10)14)16-12(18)7-9-4-5-15-17-9/h2-6H,7H2,1H3,(H,15,17)(H,16,18). The smallest absolute Gasteiger partial charge is 0.339 e. The molecule has 1 aromatic carbocycles. The molecule has 2 rings (SSSR count). The monoisotopic (exact) mass is 337 g/mol. The van der Waals surface area contributed by atoms with Gasteiger partial charge in [0.2, 0.25) is 5.91 Å². The molecule has 0 aliphatic carbocycles. The van der Waals surface area contributed by atoms with Gasteiger partial charge in [-0.05, 0) is 40.2 Å². The molecule has 7 heteroatoms. The summed E-state index contributed by atoms with van der Waals surface area (Å²) in [6.07, 6.45) is 1.77. The summed E-state index contributed by atoms with van der Waals surface area (Å²) < 4.78 is 5.27. The van der Waals surface area contributed by atoms with Crippen LogP contribution >= 0.6 is 15.9 Å². The van der Waals surface area contributed by atoms with Gasteiger partial charge in [0.05, 0.1) is 19.1 Å². The molecule has 1 heterocycles. The van der Waals surface area contributed by atoms with Crippen LogP contribution in [0.25, 0.3) is 0 Å². The van der Waals surface area contributed by atoms with E-state index in [0.29, 0.717) is 21.4 Å². The second-order valence-electron chi connectivity index (χ2n) is 3.99. The number of hydrogen-bond donors (Lipinski definition) is 2. The van der Waals surface area contributed by atoms with Gasteiger partial charge >= 0.3 is 5.97 Å². The number of esters is 1. The average Bonchev–Trinajstić information content (AvgIpc) is 2.92. The summed E-state index contributed by atoms with van der Waals surface area (Å²) in [6.45, 7) is 0. The Morgan fingerprint density at radius 2 is 2.20 bits per heavy atom. The number of rotatable bonds is 4. The molecule has 2 N–H and O–H groups in total. The van der Waals surface area contributed by atoms with Crippen LogP contribution in [0.4, 0.5) is 5.69 Å². The van der Waals surface area contributed by atoms with Crippen molar-refractivity contribution in [3.8, 4) is 0 Å². The number of nitrogens with one attached hydrogen (secondary N) is 2. The topological polar surface area (TPSA) is 84.1 Å². The summed E-state index contributed by atoms with van der Waals surface area (Å²) in [5.41, 5.74) is 1.60. The zero-order valence-corrected chi connectivity index (χ0v) is 12.2. The number of methoxy groups -OCH3 is 1. The minimum absolute atomic E-state index is 0.184. The number of hydrogen-bond acceptors (Lipinski definition) is 4. The lowest BCUT2D eigenvalue weighted by Crippen LogP contribution is -2.15. The molecule has 6 nitrogen and oxygen atoms in total. The Labute approximate surface area is 123 Å². The van der Waals surface area contributed by atoms with E-state index in [-0.39, 0.29) is 12.3 Å². The van der Waals surface area contributed by atoms with E-state index < -0.39 is 5.97 Å². The van der Waals surface area contributed by atoms with Crippen LogP contribution < -0.4 is 5.32 Å². The highest BCUT2D eigenvalue weighted by Gasteiger charge is 2.12. The maximum Gasteiger partial charge on any atom is 0.339 e. The van der Waals surface area contributed by atoms with Crippen LogP contribution in [0.2, 0.25) is 0 Å². The molecule has 0 spiro atoms. The molecule has 0 saturated carbocycles. The maximum atomic E-state index is 11.8. The van der Waals surface area contributed by atoms with Crippen molar-refractivity contribution in [2.24, 2.45) is 0 Å². The summed E-state index contributed by atoms with van der Waals surface area (Å²) in [5, 5.41) is 9.19. The molecule has 1 aromatic heterocycles. The number of carbonyl (C=O) groups excluding carboxylic acids is 2. The van der Waals surface area contributed by atoms with E-state index in [9.17, 15) is 9.59 Å². The Bertz CT molecular complexity index is 626. The van der Waals surface area contributed by atoms with Gasteiger partial charge in [0.25, 0.3) is 0 Å². The van der Waals surface area contributed by atoms with E-state index in [0.717, 1.165) is 0 Å². The van der Waals surface area contributed by atoms with Crippen molar-refractivity contribution >= 4 is 33.5 Å². The van der Waals surface area contributed by atoms with Gasteiger partial charge in [0.15, 0.2) is 0 Å². The predicted molar refractivity (Wildman–Crippen MR) is 76.4 cm³/mol. The van der Waals surface area contributed by atoms with Gasteiger partial charge in [-0.3, -0.25) is 9.89 Å². The lowest BCUT2D eigenvalue weighted by molar-refractivity contribution is -0.115. The normalized spacial score (nSPS) is 10.1. The maximum absolute atomic E-state index is 11.8. The Morgan fingerprint density at radius 1 is 1.40 bits per heavy atom. The summed E-state index contributed by atoms with van der Waals surface area (Å²) >= 11 is 3.26. The molecular weight excluding hydrogens is 326 g/mol. The van der Waals surface area contributed by atoms with Crippen LogP contribution in [0, 0.1) is 0 Å². The van der Waals surface area contributed by atoms with E-state index in [2.05, 4.69) is 36.2 Å². The van der Waals surface area contributed by atoms with Crippen molar-refractivity contribution in [3.05, 3.63) is 46.2 Å². The van der Waals surface area contributed by atoms with Gasteiger partial charge < -0.3 is 10.1 Å². The van der Waals surface area contributed by atoms with Crippen molar-refractivity contribution in [3.63, 3.8) is 0 Å². The molecule has 0 aliphatic rings. The zero-order valence-electron chi connectivity index (χ0n) is 10.6. The fourth-order valence-electron chi connectivity index (χ4n) is 1.63. The minimum Gasteiger partial charge on any atom is -0.465 e. The van der Waals surface area contributed by atoms with Crippen molar-refractivity contribution in [2.75, 3.05) is 12.4 Å². The van der Waals surface area contributed by atoms with Crippen LogP contribution in [0.15, 0.2) is 34.9 Å². The van der Waals surface area contributed by atoms with Gasteiger partial charge in [-0.15, -0.1) is 0 Å². The first-order valence-corrected chi connectivity index (χ1v) is 6.55. The third kappa shape index (κ3) is 3.45. The fourth-order valence-corrected chi connectivity index (χ4v) is 2.04. The SMILES string of the molecule is COC(=O)c1cc(NC(=O)Cc2ccn[nH]2)ccc1Br. The molecular formula is C13H12BrN3O3. The number of H-pyrrole nitrogens is 1.